The fraction of sp³-hybridized carbons (Fsp3) is 0.647. The van der Waals surface area contributed by atoms with Crippen LogP contribution in [0.15, 0.2) is 5.16 Å². The van der Waals surface area contributed by atoms with Gasteiger partial charge in [-0.05, 0) is 26.7 Å². The molecular formula is C17H24N4O2S3. The third-order valence-corrected chi connectivity index (χ3v) is 7.26. The molecule has 3 rings (SSSR count). The monoisotopic (exact) mass is 412 g/mol. The fourth-order valence-electron chi connectivity index (χ4n) is 3.38. The Bertz CT molecular complexity index is 697. The Morgan fingerprint density at radius 1 is 1.38 bits per heavy atom. The summed E-state index contributed by atoms with van der Waals surface area (Å²) in [7, 11) is 0. The first-order valence-corrected chi connectivity index (χ1v) is 11.3. The number of thioether (sulfide) groups is 2. The molecule has 0 bridgehead atoms. The van der Waals surface area contributed by atoms with Crippen LogP contribution < -0.4 is 5.32 Å². The van der Waals surface area contributed by atoms with Crippen molar-refractivity contribution in [3.05, 3.63) is 11.4 Å². The fourth-order valence-corrected chi connectivity index (χ4v) is 5.49. The Kier molecular flexibility index (Phi) is 6.63. The average Bonchev–Trinajstić information content (AvgIpc) is 3.30. The summed E-state index contributed by atoms with van der Waals surface area (Å²) < 4.78 is 2.92. The smallest absolute Gasteiger partial charge is 0.238 e. The van der Waals surface area contributed by atoms with E-state index in [1.54, 1.807) is 4.90 Å². The molecule has 1 saturated heterocycles. The molecule has 142 valence electrons. The van der Waals surface area contributed by atoms with E-state index in [-0.39, 0.29) is 11.8 Å². The molecule has 0 unspecified atom stereocenters. The molecule has 1 aliphatic carbocycles. The molecule has 1 saturated carbocycles. The Hall–Kier alpha value is -1.06. The third kappa shape index (κ3) is 4.43. The second-order valence-corrected chi connectivity index (χ2v) is 9.16. The highest BCUT2D eigenvalue weighted by molar-refractivity contribution is 8.23. The molecule has 2 fully saturated rings. The first-order valence-electron chi connectivity index (χ1n) is 8.89. The molecule has 2 amide bonds. The molecule has 2 heterocycles. The van der Waals surface area contributed by atoms with Gasteiger partial charge in [0.1, 0.15) is 4.32 Å². The van der Waals surface area contributed by atoms with E-state index in [9.17, 15) is 9.59 Å². The number of aryl methyl sites for hydroxylation is 1. The minimum Gasteiger partial charge on any atom is -0.354 e. The molecule has 9 heteroatoms. The summed E-state index contributed by atoms with van der Waals surface area (Å²) >= 11 is 8.00. The maximum absolute atomic E-state index is 12.2. The molecule has 1 aliphatic heterocycles. The lowest BCUT2D eigenvalue weighted by molar-refractivity contribution is -0.124. The summed E-state index contributed by atoms with van der Waals surface area (Å²) in [5, 5.41) is 3.81. The summed E-state index contributed by atoms with van der Waals surface area (Å²) in [5.74, 6) is 0.714. The molecule has 0 aromatic carbocycles. The molecule has 0 radical (unpaired) electrons. The number of thiocarbonyl (C=S) groups is 1. The van der Waals surface area contributed by atoms with Gasteiger partial charge >= 0.3 is 0 Å². The highest BCUT2D eigenvalue weighted by atomic mass is 32.2. The van der Waals surface area contributed by atoms with Crippen molar-refractivity contribution in [3.8, 4) is 0 Å². The first-order chi connectivity index (χ1) is 12.5. The average molecular weight is 413 g/mol. The molecule has 2 aliphatic rings. The highest BCUT2D eigenvalue weighted by Crippen LogP contribution is 2.35. The number of nitrogens with one attached hydrogen (secondary N) is 1. The summed E-state index contributed by atoms with van der Waals surface area (Å²) in [6.45, 7) is 4.99. The van der Waals surface area contributed by atoms with Crippen molar-refractivity contribution in [3.63, 3.8) is 0 Å². The SMILES string of the molecule is Cc1nc(SCC(=O)NCCN2C(=O)CSC2=S)n(C2CCCC2)c1C. The van der Waals surface area contributed by atoms with Gasteiger partial charge in [-0.2, -0.15) is 0 Å². The standard InChI is InChI=1S/C17H24N4O2S3/c1-11-12(2)21(13-5-3-4-6-13)16(19-11)25-9-14(22)18-7-8-20-15(23)10-26-17(20)24/h13H,3-10H2,1-2H3,(H,18,22). The van der Waals surface area contributed by atoms with Crippen LogP contribution in [-0.4, -0.2) is 55.2 Å². The van der Waals surface area contributed by atoms with E-state index in [1.807, 2.05) is 6.92 Å². The number of amides is 2. The zero-order valence-electron chi connectivity index (χ0n) is 15.1. The molecule has 0 spiro atoms. The minimum absolute atomic E-state index is 0.0214. The topological polar surface area (TPSA) is 67.2 Å². The zero-order valence-corrected chi connectivity index (χ0v) is 17.6. The number of carbonyl (C=O) groups excluding carboxylic acids is 2. The van der Waals surface area contributed by atoms with Crippen LogP contribution in [0.25, 0.3) is 0 Å². The van der Waals surface area contributed by atoms with Gasteiger partial charge in [0.15, 0.2) is 5.16 Å². The Morgan fingerprint density at radius 2 is 2.12 bits per heavy atom. The predicted octanol–water partition coefficient (Wildman–Crippen LogP) is 2.68. The van der Waals surface area contributed by atoms with Crippen molar-refractivity contribution in [2.24, 2.45) is 0 Å². The lowest BCUT2D eigenvalue weighted by Gasteiger charge is -2.17. The van der Waals surface area contributed by atoms with Gasteiger partial charge in [0.05, 0.1) is 17.2 Å². The highest BCUT2D eigenvalue weighted by Gasteiger charge is 2.26. The number of hydrogen-bond acceptors (Lipinski definition) is 6. The van der Waals surface area contributed by atoms with Gasteiger partial charge in [-0.1, -0.05) is 48.6 Å². The van der Waals surface area contributed by atoms with Crippen LogP contribution in [0, 0.1) is 13.8 Å². The van der Waals surface area contributed by atoms with Crippen LogP contribution in [0.1, 0.15) is 43.1 Å². The van der Waals surface area contributed by atoms with Crippen LogP contribution in [0.3, 0.4) is 0 Å². The molecule has 6 nitrogen and oxygen atoms in total. The predicted molar refractivity (Wildman–Crippen MR) is 110 cm³/mol. The summed E-state index contributed by atoms with van der Waals surface area (Å²) in [5.41, 5.74) is 2.25. The van der Waals surface area contributed by atoms with E-state index in [0.717, 1.165) is 10.9 Å². The number of hydrogen-bond donors (Lipinski definition) is 1. The second kappa shape index (κ2) is 8.75. The van der Waals surface area contributed by atoms with Gasteiger partial charge in [0.25, 0.3) is 0 Å². The number of imidazole rings is 1. The summed E-state index contributed by atoms with van der Waals surface area (Å²) in [6.07, 6.45) is 4.92. The molecule has 1 aromatic rings. The number of nitrogens with zero attached hydrogens (tertiary/aromatic N) is 3. The van der Waals surface area contributed by atoms with Crippen molar-refractivity contribution in [1.82, 2.24) is 19.8 Å². The van der Waals surface area contributed by atoms with E-state index >= 15 is 0 Å². The normalized spacial score (nSPS) is 18.2. The lowest BCUT2D eigenvalue weighted by Crippen LogP contribution is -2.38. The Labute approximate surface area is 167 Å². The van der Waals surface area contributed by atoms with Gasteiger partial charge in [-0.25, -0.2) is 4.98 Å². The van der Waals surface area contributed by atoms with Gasteiger partial charge in [-0.15, -0.1) is 0 Å². The van der Waals surface area contributed by atoms with Gasteiger partial charge in [0.2, 0.25) is 11.8 Å². The third-order valence-electron chi connectivity index (χ3n) is 4.87. The molecule has 0 atom stereocenters. The van der Waals surface area contributed by atoms with E-state index < -0.39 is 0 Å². The maximum atomic E-state index is 12.2. The quantitative estimate of drug-likeness (QED) is 0.549. The second-order valence-electron chi connectivity index (χ2n) is 6.61. The first kappa shape index (κ1) is 19.7. The van der Waals surface area contributed by atoms with Crippen molar-refractivity contribution in [1.29, 1.82) is 0 Å². The Balaban J connectivity index is 1.49. The number of aromatic nitrogens is 2. The van der Waals surface area contributed by atoms with E-state index in [2.05, 4.69) is 21.8 Å². The van der Waals surface area contributed by atoms with E-state index in [0.29, 0.717) is 35.0 Å². The molecule has 26 heavy (non-hydrogen) atoms. The summed E-state index contributed by atoms with van der Waals surface area (Å²) in [6, 6.07) is 0.515. The van der Waals surface area contributed by atoms with Crippen molar-refractivity contribution < 1.29 is 9.59 Å². The molecule has 1 aromatic heterocycles. The summed E-state index contributed by atoms with van der Waals surface area (Å²) in [4.78, 5) is 30.1. The number of rotatable bonds is 7. The maximum Gasteiger partial charge on any atom is 0.238 e. The van der Waals surface area contributed by atoms with Crippen molar-refractivity contribution in [2.45, 2.75) is 50.7 Å². The van der Waals surface area contributed by atoms with Gasteiger partial charge in [-0.3, -0.25) is 14.5 Å². The lowest BCUT2D eigenvalue weighted by atomic mass is 10.2. The van der Waals surface area contributed by atoms with Crippen LogP contribution in [0.2, 0.25) is 0 Å². The zero-order chi connectivity index (χ0) is 18.7. The molecule has 1 N–H and O–H groups in total. The van der Waals surface area contributed by atoms with Gasteiger partial charge < -0.3 is 9.88 Å². The van der Waals surface area contributed by atoms with E-state index in [4.69, 9.17) is 12.2 Å². The Morgan fingerprint density at radius 3 is 2.77 bits per heavy atom. The van der Waals surface area contributed by atoms with Crippen LogP contribution >= 0.6 is 35.7 Å². The van der Waals surface area contributed by atoms with Gasteiger partial charge in [0, 0.05) is 24.8 Å². The van der Waals surface area contributed by atoms with Crippen LogP contribution in [-0.2, 0) is 9.59 Å². The van der Waals surface area contributed by atoms with Crippen molar-refractivity contribution in [2.75, 3.05) is 24.6 Å². The minimum atomic E-state index is -0.0449. The van der Waals surface area contributed by atoms with Crippen LogP contribution in [0.5, 0.6) is 0 Å². The largest absolute Gasteiger partial charge is 0.354 e. The number of carbonyl (C=O) groups is 2. The van der Waals surface area contributed by atoms with Crippen molar-refractivity contribution >= 4 is 51.9 Å². The molecular weight excluding hydrogens is 388 g/mol. The van der Waals surface area contributed by atoms with Crippen LogP contribution in [0.4, 0.5) is 0 Å². The van der Waals surface area contributed by atoms with E-state index in [1.165, 1.54) is 54.9 Å².